The summed E-state index contributed by atoms with van der Waals surface area (Å²) in [5, 5.41) is 13.0. The molecule has 2 aromatic rings. The number of nitrogens with one attached hydrogen (secondary N) is 2. The lowest BCUT2D eigenvalue weighted by Crippen LogP contribution is -2.53. The Balaban J connectivity index is 1.76. The maximum absolute atomic E-state index is 12.2. The fourth-order valence-corrected chi connectivity index (χ4v) is 2.74. The van der Waals surface area contributed by atoms with Gasteiger partial charge in [-0.1, -0.05) is 30.4 Å². The largest absolute Gasteiger partial charge is 0.479 e. The number of aliphatic carboxylic acids is 1. The van der Waals surface area contributed by atoms with Crippen LogP contribution in [0.1, 0.15) is 18.4 Å². The second-order valence-electron chi connectivity index (χ2n) is 5.35. The first-order chi connectivity index (χ1) is 10.1. The molecule has 21 heavy (non-hydrogen) atoms. The van der Waals surface area contributed by atoms with Gasteiger partial charge in [0, 0.05) is 17.1 Å². The maximum atomic E-state index is 12.2. The third-order valence-electron chi connectivity index (χ3n) is 3.91. The Kier molecular flexibility index (Phi) is 3.25. The molecular weight excluding hydrogens is 268 g/mol. The van der Waals surface area contributed by atoms with Crippen LogP contribution >= 0.6 is 0 Å². The molecule has 1 aliphatic carbocycles. The Morgan fingerprint density at radius 3 is 2.67 bits per heavy atom. The standard InChI is InChI=1S/C16H16N2O3/c19-14(18-16(15(20)21)7-3-4-8-16)9-11-10-17-13-6-2-1-5-12(11)13/h1-6,10,17H,7-9H2,(H,18,19)(H,20,21). The van der Waals surface area contributed by atoms with Gasteiger partial charge in [-0.05, 0) is 24.5 Å². The minimum atomic E-state index is -1.18. The number of aromatic nitrogens is 1. The summed E-state index contributed by atoms with van der Waals surface area (Å²) in [6, 6.07) is 7.72. The zero-order valence-corrected chi connectivity index (χ0v) is 11.4. The molecule has 0 atom stereocenters. The van der Waals surface area contributed by atoms with Crippen molar-refractivity contribution in [1.82, 2.24) is 10.3 Å². The summed E-state index contributed by atoms with van der Waals surface area (Å²) in [5.41, 5.74) is 0.661. The molecule has 3 N–H and O–H groups in total. The van der Waals surface area contributed by atoms with Gasteiger partial charge in [0.05, 0.1) is 6.42 Å². The van der Waals surface area contributed by atoms with Gasteiger partial charge in [0.15, 0.2) is 0 Å². The smallest absolute Gasteiger partial charge is 0.330 e. The van der Waals surface area contributed by atoms with Crippen molar-refractivity contribution in [2.24, 2.45) is 0 Å². The summed E-state index contributed by atoms with van der Waals surface area (Å²) in [4.78, 5) is 26.7. The van der Waals surface area contributed by atoms with Crippen molar-refractivity contribution in [2.75, 3.05) is 0 Å². The topological polar surface area (TPSA) is 82.2 Å². The van der Waals surface area contributed by atoms with Crippen LogP contribution in [0.25, 0.3) is 10.9 Å². The number of para-hydroxylation sites is 1. The molecule has 0 radical (unpaired) electrons. The number of H-pyrrole nitrogens is 1. The molecule has 1 aromatic heterocycles. The quantitative estimate of drug-likeness (QED) is 0.751. The Morgan fingerprint density at radius 2 is 1.95 bits per heavy atom. The van der Waals surface area contributed by atoms with Crippen LogP contribution in [-0.2, 0) is 16.0 Å². The summed E-state index contributed by atoms with van der Waals surface area (Å²) >= 11 is 0. The van der Waals surface area contributed by atoms with Gasteiger partial charge in [0.25, 0.3) is 0 Å². The highest BCUT2D eigenvalue weighted by Gasteiger charge is 2.40. The van der Waals surface area contributed by atoms with Crippen LogP contribution in [-0.4, -0.2) is 27.5 Å². The summed E-state index contributed by atoms with van der Waals surface area (Å²) < 4.78 is 0. The Bertz CT molecular complexity index is 722. The third kappa shape index (κ3) is 2.42. The predicted molar refractivity (Wildman–Crippen MR) is 78.9 cm³/mol. The average molecular weight is 284 g/mol. The number of carboxylic acids is 1. The van der Waals surface area contributed by atoms with Crippen molar-refractivity contribution < 1.29 is 14.7 Å². The second-order valence-corrected chi connectivity index (χ2v) is 5.35. The zero-order valence-electron chi connectivity index (χ0n) is 11.4. The van der Waals surface area contributed by atoms with E-state index in [2.05, 4.69) is 10.3 Å². The van der Waals surface area contributed by atoms with E-state index < -0.39 is 11.5 Å². The normalized spacial score (nSPS) is 16.2. The van der Waals surface area contributed by atoms with E-state index >= 15 is 0 Å². The Morgan fingerprint density at radius 1 is 1.24 bits per heavy atom. The average Bonchev–Trinajstić information content (AvgIpc) is 3.08. The van der Waals surface area contributed by atoms with Crippen molar-refractivity contribution in [3.8, 4) is 0 Å². The highest BCUT2D eigenvalue weighted by Crippen LogP contribution is 2.24. The van der Waals surface area contributed by atoms with E-state index in [4.69, 9.17) is 0 Å². The van der Waals surface area contributed by atoms with E-state index in [9.17, 15) is 14.7 Å². The first-order valence-corrected chi connectivity index (χ1v) is 6.85. The highest BCUT2D eigenvalue weighted by atomic mass is 16.4. The van der Waals surface area contributed by atoms with Gasteiger partial charge in [-0.2, -0.15) is 0 Å². The van der Waals surface area contributed by atoms with E-state index in [1.54, 1.807) is 18.3 Å². The van der Waals surface area contributed by atoms with Gasteiger partial charge in [0.1, 0.15) is 5.54 Å². The van der Waals surface area contributed by atoms with Gasteiger partial charge in [-0.3, -0.25) is 4.79 Å². The summed E-state index contributed by atoms with van der Waals surface area (Å²) in [6.45, 7) is 0. The van der Waals surface area contributed by atoms with Crippen molar-refractivity contribution in [1.29, 1.82) is 0 Å². The number of benzene rings is 1. The summed E-state index contributed by atoms with van der Waals surface area (Å²) in [7, 11) is 0. The number of amides is 1. The summed E-state index contributed by atoms with van der Waals surface area (Å²) in [6.07, 6.45) is 6.22. The zero-order chi connectivity index (χ0) is 14.9. The van der Waals surface area contributed by atoms with Crippen LogP contribution in [0.15, 0.2) is 42.6 Å². The Hall–Kier alpha value is -2.56. The van der Waals surface area contributed by atoms with E-state index in [0.717, 1.165) is 16.5 Å². The van der Waals surface area contributed by atoms with E-state index in [1.165, 1.54) is 0 Å². The number of carboxylic acid groups (broad SMARTS) is 1. The summed E-state index contributed by atoms with van der Waals surface area (Å²) in [5.74, 6) is -1.26. The van der Waals surface area contributed by atoms with Crippen molar-refractivity contribution in [3.05, 3.63) is 48.2 Å². The lowest BCUT2D eigenvalue weighted by atomic mass is 9.96. The van der Waals surface area contributed by atoms with Crippen molar-refractivity contribution in [2.45, 2.75) is 24.8 Å². The van der Waals surface area contributed by atoms with Crippen molar-refractivity contribution in [3.63, 3.8) is 0 Å². The maximum Gasteiger partial charge on any atom is 0.330 e. The van der Waals surface area contributed by atoms with Crippen molar-refractivity contribution >= 4 is 22.8 Å². The lowest BCUT2D eigenvalue weighted by Gasteiger charge is -2.25. The fourth-order valence-electron chi connectivity index (χ4n) is 2.74. The molecule has 0 bridgehead atoms. The molecular formula is C16H16N2O3. The van der Waals surface area contributed by atoms with Gasteiger partial charge in [-0.15, -0.1) is 0 Å². The molecule has 3 rings (SSSR count). The number of hydrogen-bond donors (Lipinski definition) is 3. The lowest BCUT2D eigenvalue weighted by molar-refractivity contribution is -0.147. The van der Waals surface area contributed by atoms with E-state index in [1.807, 2.05) is 24.3 Å². The minimum Gasteiger partial charge on any atom is -0.479 e. The SMILES string of the molecule is O=C(Cc1c[nH]c2ccccc12)NC1(C(=O)O)CC=CC1. The fraction of sp³-hybridized carbons (Fsp3) is 0.250. The molecule has 0 fully saturated rings. The molecule has 1 heterocycles. The van der Waals surface area contributed by atoms with Gasteiger partial charge >= 0.3 is 5.97 Å². The molecule has 1 amide bonds. The molecule has 0 saturated carbocycles. The van der Waals surface area contributed by atoms with Crippen LogP contribution in [0, 0.1) is 0 Å². The number of hydrogen-bond acceptors (Lipinski definition) is 2. The van der Waals surface area contributed by atoms with E-state index in [-0.39, 0.29) is 12.3 Å². The highest BCUT2D eigenvalue weighted by molar-refractivity contribution is 5.92. The molecule has 0 unspecified atom stereocenters. The second kappa shape index (κ2) is 5.09. The van der Waals surface area contributed by atoms with Crippen LogP contribution in [0.4, 0.5) is 0 Å². The van der Waals surface area contributed by atoms with Crippen LogP contribution in [0.3, 0.4) is 0 Å². The molecule has 1 aromatic carbocycles. The number of rotatable bonds is 4. The third-order valence-corrected chi connectivity index (χ3v) is 3.91. The molecule has 0 spiro atoms. The molecule has 5 heteroatoms. The minimum absolute atomic E-state index is 0.166. The van der Waals surface area contributed by atoms with Crippen LogP contribution < -0.4 is 5.32 Å². The molecule has 108 valence electrons. The Labute approximate surface area is 121 Å². The molecule has 0 saturated heterocycles. The number of fused-ring (bicyclic) bond motifs is 1. The van der Waals surface area contributed by atoms with Gasteiger partial charge in [0.2, 0.25) is 5.91 Å². The van der Waals surface area contributed by atoms with Gasteiger partial charge in [-0.25, -0.2) is 4.79 Å². The molecule has 1 aliphatic rings. The number of aromatic amines is 1. The van der Waals surface area contributed by atoms with Crippen LogP contribution in [0.2, 0.25) is 0 Å². The first-order valence-electron chi connectivity index (χ1n) is 6.85. The predicted octanol–water partition coefficient (Wildman–Crippen LogP) is 2.00. The monoisotopic (exact) mass is 284 g/mol. The molecule has 5 nitrogen and oxygen atoms in total. The number of carbonyl (C=O) groups excluding carboxylic acids is 1. The van der Waals surface area contributed by atoms with Gasteiger partial charge < -0.3 is 15.4 Å². The van der Waals surface area contributed by atoms with Crippen LogP contribution in [0.5, 0.6) is 0 Å². The van der Waals surface area contributed by atoms with E-state index in [0.29, 0.717) is 12.8 Å². The first kappa shape index (κ1) is 13.4. The molecule has 0 aliphatic heterocycles. The number of carbonyl (C=O) groups is 2.